The van der Waals surface area contributed by atoms with E-state index in [0.717, 1.165) is 55.6 Å². The normalized spacial score (nSPS) is 14.7. The predicted octanol–water partition coefficient (Wildman–Crippen LogP) is 10.8. The average molecular weight is 634 g/mol. The fourth-order valence-corrected chi connectivity index (χ4v) is 6.80. The zero-order valence-electron chi connectivity index (χ0n) is 27.9. The van der Waals surface area contributed by atoms with Crippen LogP contribution in [0.5, 0.6) is 0 Å². The van der Waals surface area contributed by atoms with Crippen LogP contribution < -0.4 is 4.90 Å². The van der Waals surface area contributed by atoms with Gasteiger partial charge in [0.1, 0.15) is 6.07 Å². The van der Waals surface area contributed by atoms with E-state index in [4.69, 9.17) is 9.97 Å². The Balaban J connectivity index is 1.29. The van der Waals surface area contributed by atoms with Gasteiger partial charge in [-0.25, -0.2) is 9.97 Å². The smallest absolute Gasteiger partial charge is 0.232 e. The van der Waals surface area contributed by atoms with Crippen molar-refractivity contribution < 1.29 is 0 Å². The second-order valence-electron chi connectivity index (χ2n) is 13.5. The minimum absolute atomic E-state index is 0.0574. The maximum atomic E-state index is 10.1. The number of para-hydroxylation sites is 2. The largest absolute Gasteiger partial charge is 0.309 e. The topological polar surface area (TPSA) is 57.7 Å². The van der Waals surface area contributed by atoms with Crippen molar-refractivity contribution in [3.05, 3.63) is 157 Å². The number of allylic oxidation sites excluding steroid dienone is 4. The molecule has 0 spiro atoms. The second-order valence-corrected chi connectivity index (χ2v) is 13.5. The van der Waals surface area contributed by atoms with Gasteiger partial charge in [-0.2, -0.15) is 5.26 Å². The molecule has 5 nitrogen and oxygen atoms in total. The van der Waals surface area contributed by atoms with Crippen LogP contribution in [0.1, 0.15) is 37.6 Å². The van der Waals surface area contributed by atoms with Crippen LogP contribution in [0, 0.1) is 11.3 Å². The highest BCUT2D eigenvalue weighted by atomic mass is 15.3. The van der Waals surface area contributed by atoms with Gasteiger partial charge in [-0.05, 0) is 76.2 Å². The van der Waals surface area contributed by atoms with Gasteiger partial charge < -0.3 is 9.47 Å². The number of hydrogen-bond donors (Lipinski definition) is 0. The highest BCUT2D eigenvalue weighted by molar-refractivity contribution is 6.10. The van der Waals surface area contributed by atoms with Gasteiger partial charge in [-0.15, -0.1) is 0 Å². The lowest BCUT2D eigenvalue weighted by molar-refractivity contribution is 0.591. The van der Waals surface area contributed by atoms with Crippen LogP contribution in [0.3, 0.4) is 0 Å². The fourth-order valence-electron chi connectivity index (χ4n) is 6.80. The average Bonchev–Trinajstić information content (AvgIpc) is 3.48. The van der Waals surface area contributed by atoms with Gasteiger partial charge in [0.05, 0.1) is 22.2 Å². The first-order chi connectivity index (χ1) is 23.8. The van der Waals surface area contributed by atoms with E-state index < -0.39 is 0 Å². The number of anilines is 2. The van der Waals surface area contributed by atoms with Crippen molar-refractivity contribution in [2.75, 3.05) is 11.4 Å². The summed E-state index contributed by atoms with van der Waals surface area (Å²) in [7, 11) is 0. The van der Waals surface area contributed by atoms with Crippen molar-refractivity contribution in [2.24, 2.45) is 0 Å². The first-order valence-corrected chi connectivity index (χ1v) is 16.6. The van der Waals surface area contributed by atoms with Crippen molar-refractivity contribution in [1.82, 2.24) is 14.5 Å². The van der Waals surface area contributed by atoms with Crippen LogP contribution in [0.4, 0.5) is 11.6 Å². The molecule has 8 rings (SSSR count). The van der Waals surface area contributed by atoms with Crippen LogP contribution in [0.15, 0.2) is 140 Å². The molecule has 0 atom stereocenters. The van der Waals surface area contributed by atoms with Gasteiger partial charge in [0.2, 0.25) is 5.95 Å². The molecule has 1 aliphatic rings. The first-order valence-electron chi connectivity index (χ1n) is 16.6. The zero-order chi connectivity index (χ0) is 33.7. The predicted molar refractivity (Wildman–Crippen MR) is 203 cm³/mol. The molecule has 7 aromatic rings. The maximum absolute atomic E-state index is 10.1. The number of aromatic nitrogens is 3. The summed E-state index contributed by atoms with van der Waals surface area (Å²) in [4.78, 5) is 11.9. The number of nitrogens with zero attached hydrogens (tertiary/aromatic N) is 5. The van der Waals surface area contributed by atoms with Gasteiger partial charge in [-0.1, -0.05) is 112 Å². The molecule has 0 saturated heterocycles. The summed E-state index contributed by atoms with van der Waals surface area (Å²) in [6.07, 6.45) is 8.15. The molecule has 236 valence electrons. The number of rotatable bonds is 3. The molecular formula is C44H35N5. The Hall–Kier alpha value is -6.25. The quantitative estimate of drug-likeness (QED) is 0.194. The Morgan fingerprint density at radius 1 is 0.735 bits per heavy atom. The zero-order valence-corrected chi connectivity index (χ0v) is 27.9. The first kappa shape index (κ1) is 30.1. The van der Waals surface area contributed by atoms with Gasteiger partial charge in [0.25, 0.3) is 0 Å². The van der Waals surface area contributed by atoms with Crippen molar-refractivity contribution >= 4 is 49.9 Å². The van der Waals surface area contributed by atoms with E-state index in [9.17, 15) is 5.26 Å². The van der Waals surface area contributed by atoms with E-state index in [1.54, 1.807) is 0 Å². The van der Waals surface area contributed by atoms with Crippen molar-refractivity contribution in [3.63, 3.8) is 0 Å². The molecule has 0 amide bonds. The lowest BCUT2D eigenvalue weighted by Crippen LogP contribution is -2.21. The number of benzene rings is 5. The van der Waals surface area contributed by atoms with E-state index in [0.29, 0.717) is 18.2 Å². The van der Waals surface area contributed by atoms with E-state index in [2.05, 4.69) is 152 Å². The SMILES string of the molecule is C=C1/C=C\C=C/CN(c2nc(C#N)c3ccc(C(C)(C)C)cc3n2)c2ccc(-c3ccc4c5ccccc5n(-c5ccccc5)c4c3)cc21. The third-order valence-corrected chi connectivity index (χ3v) is 9.39. The minimum Gasteiger partial charge on any atom is -0.309 e. The summed E-state index contributed by atoms with van der Waals surface area (Å²) in [5.74, 6) is 0.484. The van der Waals surface area contributed by atoms with Gasteiger partial charge in [-0.3, -0.25) is 0 Å². The summed E-state index contributed by atoms with van der Waals surface area (Å²) >= 11 is 0. The Morgan fingerprint density at radius 2 is 1.47 bits per heavy atom. The molecule has 0 N–H and O–H groups in total. The summed E-state index contributed by atoms with van der Waals surface area (Å²) in [6.45, 7) is 11.5. The monoisotopic (exact) mass is 633 g/mol. The van der Waals surface area contributed by atoms with Crippen LogP contribution in [0.2, 0.25) is 0 Å². The van der Waals surface area contributed by atoms with Gasteiger partial charge in [0.15, 0.2) is 5.69 Å². The maximum Gasteiger partial charge on any atom is 0.232 e. The summed E-state index contributed by atoms with van der Waals surface area (Å²) in [5, 5.41) is 13.3. The lowest BCUT2D eigenvalue weighted by Gasteiger charge is -2.25. The van der Waals surface area contributed by atoms with Crippen molar-refractivity contribution in [3.8, 4) is 22.9 Å². The fraction of sp³-hybridized carbons (Fsp3) is 0.114. The Kier molecular flexibility index (Phi) is 7.23. The second kappa shape index (κ2) is 11.8. The van der Waals surface area contributed by atoms with Crippen molar-refractivity contribution in [2.45, 2.75) is 26.2 Å². The molecule has 0 saturated carbocycles. The third kappa shape index (κ3) is 5.28. The molecule has 1 aliphatic heterocycles. The molecule has 5 heteroatoms. The van der Waals surface area contributed by atoms with Gasteiger partial charge >= 0.3 is 0 Å². The molecular weight excluding hydrogens is 599 g/mol. The Morgan fingerprint density at radius 3 is 2.29 bits per heavy atom. The van der Waals surface area contributed by atoms with Crippen molar-refractivity contribution in [1.29, 1.82) is 5.26 Å². The summed E-state index contributed by atoms with van der Waals surface area (Å²) in [6, 6.07) is 40.8. The highest BCUT2D eigenvalue weighted by Gasteiger charge is 2.22. The van der Waals surface area contributed by atoms with E-state index >= 15 is 0 Å². The van der Waals surface area contributed by atoms with E-state index in [1.165, 1.54) is 16.3 Å². The highest BCUT2D eigenvalue weighted by Crippen LogP contribution is 2.39. The standard InChI is InChI=1S/C44H35N5/c1-29-13-7-6-12-24-48(43-46-38-27-32(44(2,3)4)20-22-36(38)39(28-45)47-43)40-23-19-30(25-37(29)40)31-18-21-35-34-16-10-11-17-41(34)49(42(35)26-31)33-14-8-5-9-15-33/h5-23,25-27H,1,24H2,2-4H3/b12-6-,13-7-. The van der Waals surface area contributed by atoms with Gasteiger partial charge in [0, 0.05) is 34.0 Å². The molecule has 0 aliphatic carbocycles. The molecule has 0 unspecified atom stereocenters. The van der Waals surface area contributed by atoms with Crippen LogP contribution >= 0.6 is 0 Å². The van der Waals surface area contributed by atoms with E-state index in [1.807, 2.05) is 24.3 Å². The Labute approximate surface area is 286 Å². The molecule has 0 fully saturated rings. The van der Waals surface area contributed by atoms with Crippen LogP contribution in [0.25, 0.3) is 55.1 Å². The lowest BCUT2D eigenvalue weighted by atomic mass is 9.86. The molecule has 0 radical (unpaired) electrons. The Bertz CT molecular complexity index is 2540. The minimum atomic E-state index is -0.0574. The molecule has 3 heterocycles. The third-order valence-electron chi connectivity index (χ3n) is 9.39. The molecule has 5 aromatic carbocycles. The molecule has 49 heavy (non-hydrogen) atoms. The molecule has 0 bridgehead atoms. The van der Waals surface area contributed by atoms with Crippen LogP contribution in [-0.4, -0.2) is 21.1 Å². The van der Waals surface area contributed by atoms with Crippen LogP contribution in [-0.2, 0) is 5.41 Å². The number of hydrogen-bond acceptors (Lipinski definition) is 4. The number of nitriles is 1. The summed E-state index contributed by atoms with van der Waals surface area (Å²) < 4.78 is 2.34. The van der Waals surface area contributed by atoms with E-state index in [-0.39, 0.29) is 5.41 Å². The summed E-state index contributed by atoms with van der Waals surface area (Å²) in [5.41, 5.74) is 10.7. The number of fused-ring (bicyclic) bond motifs is 5. The molecule has 2 aromatic heterocycles.